The van der Waals surface area contributed by atoms with Gasteiger partial charge in [0.15, 0.2) is 0 Å². The number of aliphatic hydroxyl groups excluding tert-OH is 1. The highest BCUT2D eigenvalue weighted by Crippen LogP contribution is 2.29. The zero-order valence-corrected chi connectivity index (χ0v) is 21.8. The second kappa shape index (κ2) is 11.7. The lowest BCUT2D eigenvalue weighted by Gasteiger charge is -2.30. The third-order valence-corrected chi connectivity index (χ3v) is 7.64. The third-order valence-electron chi connectivity index (χ3n) is 7.64. The molecular formula is C29H33N7O3. The van der Waals surface area contributed by atoms with Crippen LogP contribution in [0.15, 0.2) is 49.3 Å². The van der Waals surface area contributed by atoms with Gasteiger partial charge in [-0.2, -0.15) is 10.4 Å². The molecule has 10 nitrogen and oxygen atoms in total. The molecule has 3 heterocycles. The van der Waals surface area contributed by atoms with E-state index in [4.69, 9.17) is 0 Å². The van der Waals surface area contributed by atoms with E-state index in [1.807, 2.05) is 18.2 Å². The smallest absolute Gasteiger partial charge is 0.255 e. The largest absolute Gasteiger partial charge is 0.393 e. The van der Waals surface area contributed by atoms with Gasteiger partial charge in [-0.25, -0.2) is 4.52 Å². The molecule has 3 aromatic heterocycles. The SMILES string of the molecule is C=CC(=O)NC1CCC(NC(=O)c2cnc(-c3ccc4cc(C#N)cnn34)cc2NC2CCCC(O)C2)CC1. The molecule has 4 N–H and O–H groups in total. The lowest BCUT2D eigenvalue weighted by atomic mass is 9.90. The molecule has 2 fully saturated rings. The molecule has 2 amide bonds. The Balaban J connectivity index is 1.37. The molecule has 202 valence electrons. The van der Waals surface area contributed by atoms with E-state index in [1.54, 1.807) is 16.8 Å². The predicted molar refractivity (Wildman–Crippen MR) is 147 cm³/mol. The molecule has 0 spiro atoms. The topological polar surface area (TPSA) is 144 Å². The van der Waals surface area contributed by atoms with Crippen LogP contribution < -0.4 is 16.0 Å². The number of anilines is 1. The van der Waals surface area contributed by atoms with E-state index in [2.05, 4.69) is 38.7 Å². The van der Waals surface area contributed by atoms with E-state index in [0.29, 0.717) is 28.9 Å². The fourth-order valence-corrected chi connectivity index (χ4v) is 5.57. The van der Waals surface area contributed by atoms with Crippen molar-refractivity contribution in [2.75, 3.05) is 5.32 Å². The van der Waals surface area contributed by atoms with Gasteiger partial charge in [0.25, 0.3) is 5.91 Å². The van der Waals surface area contributed by atoms with E-state index in [1.165, 1.54) is 12.3 Å². The van der Waals surface area contributed by atoms with Crippen molar-refractivity contribution in [3.8, 4) is 17.5 Å². The molecule has 0 aliphatic heterocycles. The normalized spacial score (nSPS) is 23.0. The molecule has 2 unspecified atom stereocenters. The van der Waals surface area contributed by atoms with E-state index in [9.17, 15) is 20.0 Å². The van der Waals surface area contributed by atoms with E-state index in [0.717, 1.165) is 56.2 Å². The van der Waals surface area contributed by atoms with Crippen LogP contribution in [0.3, 0.4) is 0 Å². The molecule has 2 atom stereocenters. The molecular weight excluding hydrogens is 494 g/mol. The first-order valence-electron chi connectivity index (χ1n) is 13.5. The fourth-order valence-electron chi connectivity index (χ4n) is 5.57. The van der Waals surface area contributed by atoms with E-state index in [-0.39, 0.29) is 36.0 Å². The predicted octanol–water partition coefficient (Wildman–Crippen LogP) is 3.33. The molecule has 0 saturated heterocycles. The number of hydrogen-bond acceptors (Lipinski definition) is 7. The summed E-state index contributed by atoms with van der Waals surface area (Å²) in [7, 11) is 0. The highest BCUT2D eigenvalue weighted by molar-refractivity contribution is 6.00. The maximum atomic E-state index is 13.5. The van der Waals surface area contributed by atoms with Crippen LogP contribution in [0.5, 0.6) is 0 Å². The number of amides is 2. The van der Waals surface area contributed by atoms with Crippen LogP contribution in [0.4, 0.5) is 5.69 Å². The van der Waals surface area contributed by atoms with Gasteiger partial charge in [-0.05, 0) is 81.7 Å². The number of rotatable bonds is 7. The lowest BCUT2D eigenvalue weighted by molar-refractivity contribution is -0.117. The third kappa shape index (κ3) is 6.10. The number of aliphatic hydroxyl groups is 1. The maximum Gasteiger partial charge on any atom is 0.255 e. The summed E-state index contributed by atoms with van der Waals surface area (Å²) in [6.07, 6.45) is 10.3. The van der Waals surface area contributed by atoms with Crippen molar-refractivity contribution < 1.29 is 14.7 Å². The fraction of sp³-hybridized carbons (Fsp3) is 0.414. The summed E-state index contributed by atoms with van der Waals surface area (Å²) in [6, 6.07) is 9.64. The molecule has 0 radical (unpaired) electrons. The minimum Gasteiger partial charge on any atom is -0.393 e. The highest BCUT2D eigenvalue weighted by Gasteiger charge is 2.26. The Morgan fingerprint density at radius 1 is 1.05 bits per heavy atom. The first-order valence-corrected chi connectivity index (χ1v) is 13.5. The molecule has 3 aromatic rings. The van der Waals surface area contributed by atoms with E-state index < -0.39 is 0 Å². The summed E-state index contributed by atoms with van der Waals surface area (Å²) in [4.78, 5) is 29.7. The minimum absolute atomic E-state index is 0.00603. The van der Waals surface area contributed by atoms with Crippen molar-refractivity contribution >= 4 is 23.0 Å². The molecule has 2 aliphatic rings. The first-order chi connectivity index (χ1) is 18.9. The van der Waals surface area contributed by atoms with E-state index >= 15 is 0 Å². The van der Waals surface area contributed by atoms with Gasteiger partial charge in [-0.1, -0.05) is 6.58 Å². The number of pyridine rings is 1. The maximum absolute atomic E-state index is 13.5. The molecule has 39 heavy (non-hydrogen) atoms. The van der Waals surface area contributed by atoms with Gasteiger partial charge in [0, 0.05) is 24.3 Å². The summed E-state index contributed by atoms with van der Waals surface area (Å²) < 4.78 is 1.72. The zero-order chi connectivity index (χ0) is 27.4. The summed E-state index contributed by atoms with van der Waals surface area (Å²) in [5.74, 6) is -0.378. The lowest BCUT2D eigenvalue weighted by Crippen LogP contribution is -2.43. The number of hydrogen-bond donors (Lipinski definition) is 4. The van der Waals surface area contributed by atoms with Gasteiger partial charge in [0.05, 0.1) is 46.0 Å². The number of fused-ring (bicyclic) bond motifs is 1. The van der Waals surface area contributed by atoms with Gasteiger partial charge >= 0.3 is 0 Å². The minimum atomic E-state index is -0.361. The highest BCUT2D eigenvalue weighted by atomic mass is 16.3. The monoisotopic (exact) mass is 527 g/mol. The van der Waals surface area contributed by atoms with Crippen molar-refractivity contribution in [1.29, 1.82) is 5.26 Å². The van der Waals surface area contributed by atoms with Crippen LogP contribution in [0.25, 0.3) is 16.9 Å². The number of carbonyl (C=O) groups excluding carboxylic acids is 2. The van der Waals surface area contributed by atoms with Crippen molar-refractivity contribution in [3.63, 3.8) is 0 Å². The Hall–Kier alpha value is -4.23. The number of nitriles is 1. The van der Waals surface area contributed by atoms with Gasteiger partial charge in [-0.15, -0.1) is 0 Å². The Morgan fingerprint density at radius 3 is 2.54 bits per heavy atom. The first kappa shape index (κ1) is 26.4. The van der Waals surface area contributed by atoms with Crippen LogP contribution >= 0.6 is 0 Å². The number of aromatic nitrogens is 3. The second-order valence-electron chi connectivity index (χ2n) is 10.4. The zero-order valence-electron chi connectivity index (χ0n) is 21.8. The van der Waals surface area contributed by atoms with Crippen LogP contribution in [0.1, 0.15) is 67.3 Å². The Bertz CT molecular complexity index is 1420. The van der Waals surface area contributed by atoms with Gasteiger partial charge in [0.2, 0.25) is 5.91 Å². The molecule has 2 saturated carbocycles. The number of nitrogens with one attached hydrogen (secondary N) is 3. The van der Waals surface area contributed by atoms with Crippen molar-refractivity contribution in [3.05, 3.63) is 60.4 Å². The Morgan fingerprint density at radius 2 is 1.82 bits per heavy atom. The number of nitrogens with zero attached hydrogens (tertiary/aromatic N) is 4. The second-order valence-corrected chi connectivity index (χ2v) is 10.4. The molecule has 2 aliphatic carbocycles. The standard InChI is InChI=1S/C29H33N7O3/c1-2-28(38)34-19-6-8-20(9-7-19)35-29(39)24-17-31-26(14-25(24)33-21-4-3-5-23(37)13-21)27-11-10-22-12-18(15-30)16-32-36(22)27/h2,10-12,14,16-17,19-21,23,37H,1,3-9,13H2,(H,31,33)(H,34,38)(H,35,39). The average Bonchev–Trinajstić information content (AvgIpc) is 3.37. The van der Waals surface area contributed by atoms with Crippen molar-refractivity contribution in [1.82, 2.24) is 25.2 Å². The van der Waals surface area contributed by atoms with Crippen LogP contribution in [0.2, 0.25) is 0 Å². The Labute approximate surface area is 227 Å². The quantitative estimate of drug-likeness (QED) is 0.345. The Kier molecular flexibility index (Phi) is 7.89. The van der Waals surface area contributed by atoms with Crippen molar-refractivity contribution in [2.45, 2.75) is 75.6 Å². The number of carbonyl (C=O) groups is 2. The summed E-state index contributed by atoms with van der Waals surface area (Å²) in [6.45, 7) is 3.50. The van der Waals surface area contributed by atoms with Crippen molar-refractivity contribution in [2.24, 2.45) is 0 Å². The van der Waals surface area contributed by atoms with Gasteiger partial charge in [0.1, 0.15) is 6.07 Å². The van der Waals surface area contributed by atoms with Gasteiger partial charge in [-0.3, -0.25) is 14.6 Å². The van der Waals surface area contributed by atoms with Crippen LogP contribution in [-0.4, -0.2) is 55.7 Å². The molecule has 0 bridgehead atoms. The summed E-state index contributed by atoms with van der Waals surface area (Å²) in [5, 5.41) is 33.4. The molecule has 0 aromatic carbocycles. The average molecular weight is 528 g/mol. The summed E-state index contributed by atoms with van der Waals surface area (Å²) in [5.41, 5.74) is 3.74. The van der Waals surface area contributed by atoms with Crippen LogP contribution in [-0.2, 0) is 4.79 Å². The molecule has 10 heteroatoms. The molecule has 5 rings (SSSR count). The summed E-state index contributed by atoms with van der Waals surface area (Å²) >= 11 is 0. The van der Waals surface area contributed by atoms with Gasteiger partial charge < -0.3 is 21.1 Å². The van der Waals surface area contributed by atoms with Crippen LogP contribution in [0, 0.1) is 11.3 Å².